The molecule has 0 saturated carbocycles. The fraction of sp³-hybridized carbons (Fsp3) is 0.533. The minimum atomic E-state index is -4.55. The molecule has 0 bridgehead atoms. The molecule has 2 nitrogen and oxygen atoms in total. The van der Waals surface area contributed by atoms with Crippen molar-refractivity contribution in [3.8, 4) is 0 Å². The molecule has 0 heterocycles. The Morgan fingerprint density at radius 3 is 2.10 bits per heavy atom. The molecule has 1 rings (SSSR count). The fourth-order valence-corrected chi connectivity index (χ4v) is 1.83. The molecule has 2 unspecified atom stereocenters. The zero-order chi connectivity index (χ0) is 16.2. The average Bonchev–Trinajstić information content (AvgIpc) is 2.37. The largest absolute Gasteiger partial charge is 0.465 e. The van der Waals surface area contributed by atoms with Crippen molar-refractivity contribution < 1.29 is 27.1 Å². The van der Waals surface area contributed by atoms with Gasteiger partial charge in [0.15, 0.2) is 0 Å². The van der Waals surface area contributed by atoms with Gasteiger partial charge in [-0.3, -0.25) is 4.79 Å². The Bertz CT molecular complexity index is 466. The predicted octanol–water partition coefficient (Wildman–Crippen LogP) is 4.31. The number of alkyl halides is 3. The Kier molecular flexibility index (Phi) is 5.75. The zero-order valence-corrected chi connectivity index (χ0v) is 12.1. The topological polar surface area (TPSA) is 26.3 Å². The predicted molar refractivity (Wildman–Crippen MR) is 70.2 cm³/mol. The van der Waals surface area contributed by atoms with Crippen LogP contribution in [-0.2, 0) is 9.53 Å². The smallest absolute Gasteiger partial charge is 0.392 e. The Balaban J connectivity index is 3.05. The van der Waals surface area contributed by atoms with Gasteiger partial charge in [-0.25, -0.2) is 4.39 Å². The van der Waals surface area contributed by atoms with Crippen LogP contribution >= 0.6 is 0 Å². The molecule has 0 saturated heterocycles. The quantitative estimate of drug-likeness (QED) is 0.598. The number of benzene rings is 1. The molecule has 0 aliphatic rings. The van der Waals surface area contributed by atoms with E-state index < -0.39 is 29.8 Å². The highest BCUT2D eigenvalue weighted by Gasteiger charge is 2.45. The number of ether oxygens (including phenoxy) is 1. The lowest BCUT2D eigenvalue weighted by molar-refractivity contribution is -0.186. The van der Waals surface area contributed by atoms with Crippen molar-refractivity contribution in [2.75, 3.05) is 6.61 Å². The maximum atomic E-state index is 12.9. The molecule has 0 aliphatic carbocycles. The van der Waals surface area contributed by atoms with E-state index >= 15 is 0 Å². The summed E-state index contributed by atoms with van der Waals surface area (Å²) in [7, 11) is 0. The molecule has 0 spiro atoms. The van der Waals surface area contributed by atoms with Crippen LogP contribution in [0.25, 0.3) is 0 Å². The summed E-state index contributed by atoms with van der Waals surface area (Å²) in [5.74, 6) is -4.91. The minimum Gasteiger partial charge on any atom is -0.465 e. The van der Waals surface area contributed by atoms with Crippen LogP contribution in [-0.4, -0.2) is 18.8 Å². The first-order valence-corrected chi connectivity index (χ1v) is 6.61. The van der Waals surface area contributed by atoms with Gasteiger partial charge in [-0.05, 0) is 23.6 Å². The lowest BCUT2D eigenvalue weighted by Gasteiger charge is -2.25. The van der Waals surface area contributed by atoms with Gasteiger partial charge in [0.25, 0.3) is 0 Å². The standard InChI is InChI=1S/C15H18F4O2/c1-9(2)8-21-14(20)13(10(3)15(17,18)19)11-4-6-12(16)7-5-11/h4-7,9-10,13H,8H2,1-3H3. The molecule has 0 N–H and O–H groups in total. The SMILES string of the molecule is CC(C)COC(=O)C(c1ccc(F)cc1)C(C)C(F)(F)F. The minimum absolute atomic E-state index is 0.0176. The molecule has 1 aromatic rings. The maximum Gasteiger partial charge on any atom is 0.392 e. The molecule has 118 valence electrons. The van der Waals surface area contributed by atoms with E-state index in [0.29, 0.717) is 0 Å². The molecule has 0 aromatic heterocycles. The van der Waals surface area contributed by atoms with Crippen LogP contribution in [0.5, 0.6) is 0 Å². The molecule has 1 aromatic carbocycles. The van der Waals surface area contributed by atoms with Crippen molar-refractivity contribution in [2.45, 2.75) is 32.9 Å². The van der Waals surface area contributed by atoms with E-state index in [4.69, 9.17) is 4.74 Å². The summed E-state index contributed by atoms with van der Waals surface area (Å²) >= 11 is 0. The first-order chi connectivity index (χ1) is 9.62. The lowest BCUT2D eigenvalue weighted by Crippen LogP contribution is -2.32. The fourth-order valence-electron chi connectivity index (χ4n) is 1.83. The summed E-state index contributed by atoms with van der Waals surface area (Å²) in [6.45, 7) is 4.53. The van der Waals surface area contributed by atoms with Crippen molar-refractivity contribution in [3.63, 3.8) is 0 Å². The molecule has 21 heavy (non-hydrogen) atoms. The van der Waals surface area contributed by atoms with E-state index in [2.05, 4.69) is 0 Å². The highest BCUT2D eigenvalue weighted by molar-refractivity contribution is 5.78. The number of rotatable bonds is 5. The highest BCUT2D eigenvalue weighted by atomic mass is 19.4. The van der Waals surface area contributed by atoms with Gasteiger partial charge in [0.05, 0.1) is 18.4 Å². The van der Waals surface area contributed by atoms with Gasteiger partial charge in [-0.1, -0.05) is 32.9 Å². The van der Waals surface area contributed by atoms with Crippen LogP contribution in [0.2, 0.25) is 0 Å². The van der Waals surface area contributed by atoms with Gasteiger partial charge < -0.3 is 4.74 Å². The zero-order valence-electron chi connectivity index (χ0n) is 12.1. The first kappa shape index (κ1) is 17.5. The van der Waals surface area contributed by atoms with E-state index in [-0.39, 0.29) is 18.1 Å². The van der Waals surface area contributed by atoms with Crippen LogP contribution < -0.4 is 0 Å². The molecule has 0 aliphatic heterocycles. The van der Waals surface area contributed by atoms with Gasteiger partial charge in [-0.15, -0.1) is 0 Å². The van der Waals surface area contributed by atoms with Gasteiger partial charge in [0.1, 0.15) is 5.82 Å². The second-order valence-corrected chi connectivity index (χ2v) is 5.38. The molecular formula is C15H18F4O2. The third kappa shape index (κ3) is 5.02. The Hall–Kier alpha value is -1.59. The monoisotopic (exact) mass is 306 g/mol. The summed E-state index contributed by atoms with van der Waals surface area (Å²) in [4.78, 5) is 12.0. The number of carbonyl (C=O) groups is 1. The van der Waals surface area contributed by atoms with Crippen molar-refractivity contribution in [1.82, 2.24) is 0 Å². The van der Waals surface area contributed by atoms with Gasteiger partial charge >= 0.3 is 12.1 Å². The van der Waals surface area contributed by atoms with Gasteiger partial charge in [0.2, 0.25) is 0 Å². The molecule has 0 amide bonds. The third-order valence-corrected chi connectivity index (χ3v) is 3.06. The van der Waals surface area contributed by atoms with E-state index in [0.717, 1.165) is 19.1 Å². The number of carbonyl (C=O) groups excluding carboxylic acids is 1. The van der Waals surface area contributed by atoms with Crippen LogP contribution in [0.15, 0.2) is 24.3 Å². The summed E-state index contributed by atoms with van der Waals surface area (Å²) in [5.41, 5.74) is 0.0926. The van der Waals surface area contributed by atoms with E-state index in [1.807, 2.05) is 0 Å². The normalized spacial score (nSPS) is 14.9. The van der Waals surface area contributed by atoms with Crippen LogP contribution in [0.4, 0.5) is 17.6 Å². The Labute approximate surface area is 121 Å². The molecule has 6 heteroatoms. The van der Waals surface area contributed by atoms with E-state index in [9.17, 15) is 22.4 Å². The molecule has 0 radical (unpaired) electrons. The van der Waals surface area contributed by atoms with Crippen LogP contribution in [0.3, 0.4) is 0 Å². The van der Waals surface area contributed by atoms with Crippen molar-refractivity contribution in [2.24, 2.45) is 11.8 Å². The van der Waals surface area contributed by atoms with Crippen LogP contribution in [0, 0.1) is 17.7 Å². The number of halogens is 4. The maximum absolute atomic E-state index is 12.9. The average molecular weight is 306 g/mol. The van der Waals surface area contributed by atoms with Crippen molar-refractivity contribution in [3.05, 3.63) is 35.6 Å². The molecular weight excluding hydrogens is 288 g/mol. The number of esters is 1. The second-order valence-electron chi connectivity index (χ2n) is 5.38. The summed E-state index contributed by atoms with van der Waals surface area (Å²) in [6, 6.07) is 4.42. The Morgan fingerprint density at radius 2 is 1.67 bits per heavy atom. The third-order valence-electron chi connectivity index (χ3n) is 3.06. The lowest BCUT2D eigenvalue weighted by atomic mass is 9.86. The number of hydrogen-bond acceptors (Lipinski definition) is 2. The summed E-state index contributed by atoms with van der Waals surface area (Å²) < 4.78 is 56.7. The second kappa shape index (κ2) is 6.91. The van der Waals surface area contributed by atoms with Gasteiger partial charge in [0, 0.05) is 0 Å². The van der Waals surface area contributed by atoms with Crippen molar-refractivity contribution in [1.29, 1.82) is 0 Å². The summed E-state index contributed by atoms with van der Waals surface area (Å²) in [6.07, 6.45) is -4.55. The summed E-state index contributed by atoms with van der Waals surface area (Å²) in [5, 5.41) is 0. The van der Waals surface area contributed by atoms with E-state index in [1.54, 1.807) is 13.8 Å². The Morgan fingerprint density at radius 1 is 1.14 bits per heavy atom. The van der Waals surface area contributed by atoms with Crippen molar-refractivity contribution >= 4 is 5.97 Å². The van der Waals surface area contributed by atoms with Gasteiger partial charge in [-0.2, -0.15) is 13.2 Å². The highest BCUT2D eigenvalue weighted by Crippen LogP contribution is 2.38. The van der Waals surface area contributed by atoms with E-state index in [1.165, 1.54) is 12.1 Å². The van der Waals surface area contributed by atoms with Crippen LogP contribution in [0.1, 0.15) is 32.3 Å². The number of hydrogen-bond donors (Lipinski definition) is 0. The first-order valence-electron chi connectivity index (χ1n) is 6.61. The molecule has 0 fully saturated rings. The molecule has 2 atom stereocenters.